The van der Waals surface area contributed by atoms with Gasteiger partial charge in [-0.3, -0.25) is 9.59 Å². The van der Waals surface area contributed by atoms with Crippen LogP contribution < -0.4 is 15.4 Å². The van der Waals surface area contributed by atoms with Gasteiger partial charge in [0, 0.05) is 12.1 Å². The molecule has 1 aliphatic heterocycles. The molecule has 6 heteroatoms. The highest BCUT2D eigenvalue weighted by Crippen LogP contribution is 2.28. The fourth-order valence-electron chi connectivity index (χ4n) is 2.31. The van der Waals surface area contributed by atoms with Crippen molar-refractivity contribution in [2.45, 2.75) is 6.42 Å². The van der Waals surface area contributed by atoms with Gasteiger partial charge < -0.3 is 15.4 Å². The van der Waals surface area contributed by atoms with Gasteiger partial charge in [0.25, 0.3) is 11.8 Å². The second kappa shape index (κ2) is 6.48. The molecule has 0 saturated carbocycles. The van der Waals surface area contributed by atoms with Crippen molar-refractivity contribution in [2.24, 2.45) is 0 Å². The molecule has 118 valence electrons. The summed E-state index contributed by atoms with van der Waals surface area (Å²) in [6.45, 7) is 0.462. The molecule has 23 heavy (non-hydrogen) atoms. The smallest absolute Gasteiger partial charge is 0.262 e. The fraction of sp³-hybridized carbons (Fsp3) is 0.176. The zero-order chi connectivity index (χ0) is 16.2. The molecule has 0 spiro atoms. The maximum absolute atomic E-state index is 12.8. The van der Waals surface area contributed by atoms with Gasteiger partial charge in [-0.1, -0.05) is 6.07 Å². The Kier molecular flexibility index (Phi) is 4.23. The van der Waals surface area contributed by atoms with Gasteiger partial charge in [-0.05, 0) is 48.4 Å². The third kappa shape index (κ3) is 3.66. The van der Waals surface area contributed by atoms with Crippen LogP contribution in [0.2, 0.25) is 0 Å². The molecule has 0 saturated heterocycles. The molecule has 0 fully saturated rings. The summed E-state index contributed by atoms with van der Waals surface area (Å²) in [5.41, 5.74) is 2.02. The summed E-state index contributed by atoms with van der Waals surface area (Å²) in [4.78, 5) is 23.2. The molecule has 0 atom stereocenters. The highest BCUT2D eigenvalue weighted by atomic mass is 19.1. The Labute approximate surface area is 132 Å². The van der Waals surface area contributed by atoms with E-state index < -0.39 is 0 Å². The van der Waals surface area contributed by atoms with Gasteiger partial charge in [0.2, 0.25) is 0 Å². The highest BCUT2D eigenvalue weighted by molar-refractivity contribution is 5.95. The molecular formula is C17H15FN2O3. The largest absolute Gasteiger partial charge is 0.482 e. The molecule has 2 N–H and O–H groups in total. The summed E-state index contributed by atoms with van der Waals surface area (Å²) in [6, 6.07) is 10.9. The average Bonchev–Trinajstić information content (AvgIpc) is 2.55. The lowest BCUT2D eigenvalue weighted by Gasteiger charge is -2.18. The number of rotatable bonds is 4. The van der Waals surface area contributed by atoms with Crippen LogP contribution >= 0.6 is 0 Å². The van der Waals surface area contributed by atoms with Crippen LogP contribution in [-0.4, -0.2) is 25.0 Å². The van der Waals surface area contributed by atoms with E-state index in [1.807, 2.05) is 12.1 Å². The number of amides is 2. The lowest BCUT2D eigenvalue weighted by Crippen LogP contribution is -2.26. The second-order valence-electron chi connectivity index (χ2n) is 5.18. The topological polar surface area (TPSA) is 67.4 Å². The maximum Gasteiger partial charge on any atom is 0.262 e. The molecule has 0 radical (unpaired) electrons. The van der Waals surface area contributed by atoms with Gasteiger partial charge in [0.1, 0.15) is 11.6 Å². The Morgan fingerprint density at radius 1 is 1.22 bits per heavy atom. The van der Waals surface area contributed by atoms with E-state index in [1.165, 1.54) is 24.3 Å². The zero-order valence-corrected chi connectivity index (χ0v) is 12.3. The Morgan fingerprint density at radius 3 is 2.78 bits per heavy atom. The Hall–Kier alpha value is -2.89. The Morgan fingerprint density at radius 2 is 2.00 bits per heavy atom. The number of fused-ring (bicyclic) bond motifs is 1. The first-order valence-electron chi connectivity index (χ1n) is 7.21. The van der Waals surface area contributed by atoms with Crippen LogP contribution in [0.15, 0.2) is 42.5 Å². The summed E-state index contributed by atoms with van der Waals surface area (Å²) in [5, 5.41) is 5.52. The molecule has 1 heterocycles. The molecule has 0 unspecified atom stereocenters. The molecule has 0 bridgehead atoms. The van der Waals surface area contributed by atoms with E-state index in [-0.39, 0.29) is 24.2 Å². The lowest BCUT2D eigenvalue weighted by molar-refractivity contribution is -0.118. The summed E-state index contributed by atoms with van der Waals surface area (Å²) < 4.78 is 18.1. The van der Waals surface area contributed by atoms with Crippen LogP contribution in [-0.2, 0) is 11.2 Å². The quantitative estimate of drug-likeness (QED) is 0.908. The summed E-state index contributed by atoms with van der Waals surface area (Å²) in [7, 11) is 0. The van der Waals surface area contributed by atoms with Crippen LogP contribution in [0.25, 0.3) is 0 Å². The average molecular weight is 314 g/mol. The van der Waals surface area contributed by atoms with Gasteiger partial charge in [-0.2, -0.15) is 0 Å². The van der Waals surface area contributed by atoms with Crippen molar-refractivity contribution in [2.75, 3.05) is 18.5 Å². The minimum atomic E-state index is -0.375. The lowest BCUT2D eigenvalue weighted by atomic mass is 10.1. The monoisotopic (exact) mass is 314 g/mol. The predicted octanol–water partition coefficient (Wildman–Crippen LogP) is 2.13. The summed E-state index contributed by atoms with van der Waals surface area (Å²) >= 11 is 0. The molecule has 3 rings (SSSR count). The van der Waals surface area contributed by atoms with Crippen molar-refractivity contribution < 1.29 is 18.7 Å². The van der Waals surface area contributed by atoms with Crippen molar-refractivity contribution in [1.82, 2.24) is 5.32 Å². The number of anilines is 1. The predicted molar refractivity (Wildman–Crippen MR) is 83.0 cm³/mol. The molecule has 1 aliphatic rings. The molecule has 2 aromatic carbocycles. The van der Waals surface area contributed by atoms with Crippen LogP contribution in [0.3, 0.4) is 0 Å². The van der Waals surface area contributed by atoms with Gasteiger partial charge in [-0.25, -0.2) is 4.39 Å². The SMILES string of the molecule is O=C1COc2ccc(CCNC(=O)c3ccc(F)cc3)cc2N1. The standard InChI is InChI=1S/C17H15FN2O3/c18-13-4-2-12(3-5-13)17(22)19-8-7-11-1-6-15-14(9-11)20-16(21)10-23-15/h1-6,9H,7-8,10H2,(H,19,22)(H,20,21). The van der Waals surface area contributed by atoms with Crippen molar-refractivity contribution in [3.05, 3.63) is 59.4 Å². The van der Waals surface area contributed by atoms with E-state index in [0.29, 0.717) is 30.0 Å². The van der Waals surface area contributed by atoms with Crippen LogP contribution in [0, 0.1) is 5.82 Å². The summed E-state index contributed by atoms with van der Waals surface area (Å²) in [5.74, 6) is -0.164. The number of halogens is 1. The molecule has 0 aromatic heterocycles. The number of nitrogens with one attached hydrogen (secondary N) is 2. The first-order chi connectivity index (χ1) is 11.1. The van der Waals surface area contributed by atoms with Gasteiger partial charge in [0.15, 0.2) is 6.61 Å². The fourth-order valence-corrected chi connectivity index (χ4v) is 2.31. The van der Waals surface area contributed by atoms with Crippen LogP contribution in [0.1, 0.15) is 15.9 Å². The molecule has 2 aromatic rings. The molecular weight excluding hydrogens is 299 g/mol. The van der Waals surface area contributed by atoms with E-state index in [2.05, 4.69) is 10.6 Å². The normalized spacial score (nSPS) is 12.8. The van der Waals surface area contributed by atoms with E-state index >= 15 is 0 Å². The number of carbonyl (C=O) groups is 2. The minimum absolute atomic E-state index is 0.0279. The van der Waals surface area contributed by atoms with Crippen LogP contribution in [0.4, 0.5) is 10.1 Å². The second-order valence-corrected chi connectivity index (χ2v) is 5.18. The number of carbonyl (C=O) groups excluding carboxylic acids is 2. The zero-order valence-electron chi connectivity index (χ0n) is 12.3. The Balaban J connectivity index is 1.56. The maximum atomic E-state index is 12.8. The van der Waals surface area contributed by atoms with Crippen LogP contribution in [0.5, 0.6) is 5.75 Å². The Bertz CT molecular complexity index is 744. The van der Waals surface area contributed by atoms with E-state index in [9.17, 15) is 14.0 Å². The van der Waals surface area contributed by atoms with Crippen molar-refractivity contribution in [3.8, 4) is 5.75 Å². The van der Waals surface area contributed by atoms with Gasteiger partial charge in [-0.15, -0.1) is 0 Å². The van der Waals surface area contributed by atoms with Gasteiger partial charge in [0.05, 0.1) is 5.69 Å². The third-order valence-electron chi connectivity index (χ3n) is 3.48. The first kappa shape index (κ1) is 15.0. The molecule has 2 amide bonds. The van der Waals surface area contributed by atoms with Gasteiger partial charge >= 0.3 is 0 Å². The van der Waals surface area contributed by atoms with E-state index in [0.717, 1.165) is 5.56 Å². The van der Waals surface area contributed by atoms with E-state index in [4.69, 9.17) is 4.74 Å². The van der Waals surface area contributed by atoms with Crippen molar-refractivity contribution >= 4 is 17.5 Å². The third-order valence-corrected chi connectivity index (χ3v) is 3.48. The molecule has 5 nitrogen and oxygen atoms in total. The van der Waals surface area contributed by atoms with E-state index in [1.54, 1.807) is 6.07 Å². The number of ether oxygens (including phenoxy) is 1. The van der Waals surface area contributed by atoms with Crippen molar-refractivity contribution in [1.29, 1.82) is 0 Å². The first-order valence-corrected chi connectivity index (χ1v) is 7.21. The number of benzene rings is 2. The van der Waals surface area contributed by atoms with Crippen molar-refractivity contribution in [3.63, 3.8) is 0 Å². The molecule has 0 aliphatic carbocycles. The summed E-state index contributed by atoms with van der Waals surface area (Å²) in [6.07, 6.45) is 0.607. The highest BCUT2D eigenvalue weighted by Gasteiger charge is 2.15. The number of hydrogen-bond donors (Lipinski definition) is 2. The number of hydrogen-bond acceptors (Lipinski definition) is 3. The minimum Gasteiger partial charge on any atom is -0.482 e.